The van der Waals surface area contributed by atoms with Gasteiger partial charge in [-0.15, -0.1) is 0 Å². The zero-order valence-electron chi connectivity index (χ0n) is 8.45. The Hall–Kier alpha value is -1.42. The molecule has 0 radical (unpaired) electrons. The van der Waals surface area contributed by atoms with Crippen LogP contribution in [0.25, 0.3) is 0 Å². The fourth-order valence-electron chi connectivity index (χ4n) is 1.32. The van der Waals surface area contributed by atoms with Gasteiger partial charge in [-0.1, -0.05) is 6.07 Å². The summed E-state index contributed by atoms with van der Waals surface area (Å²) in [7, 11) is 0. The SMILES string of the molecule is Fc1ccc(NCc2cccnc2Br)cc1. The molecule has 1 N–H and O–H groups in total. The molecule has 0 aliphatic carbocycles. The van der Waals surface area contributed by atoms with Gasteiger partial charge in [-0.05, 0) is 46.3 Å². The average molecular weight is 281 g/mol. The molecule has 2 rings (SSSR count). The summed E-state index contributed by atoms with van der Waals surface area (Å²) in [6, 6.07) is 10.1. The van der Waals surface area contributed by atoms with Crippen LogP contribution in [-0.2, 0) is 6.54 Å². The van der Waals surface area contributed by atoms with Gasteiger partial charge < -0.3 is 5.32 Å². The Bertz CT molecular complexity index is 471. The highest BCUT2D eigenvalue weighted by Crippen LogP contribution is 2.15. The summed E-state index contributed by atoms with van der Waals surface area (Å²) in [5.41, 5.74) is 1.95. The standard InChI is InChI=1S/C12H10BrFN2/c13-12-9(2-1-7-15-12)8-16-11-5-3-10(14)4-6-11/h1-7,16H,8H2. The van der Waals surface area contributed by atoms with Crippen molar-refractivity contribution in [3.8, 4) is 0 Å². The van der Waals surface area contributed by atoms with Crippen LogP contribution in [0.5, 0.6) is 0 Å². The number of nitrogens with zero attached hydrogens (tertiary/aromatic N) is 1. The van der Waals surface area contributed by atoms with Crippen LogP contribution >= 0.6 is 15.9 Å². The van der Waals surface area contributed by atoms with Crippen LogP contribution in [0.2, 0.25) is 0 Å². The summed E-state index contributed by atoms with van der Waals surface area (Å²) in [5, 5.41) is 3.19. The minimum Gasteiger partial charge on any atom is -0.381 e. The number of anilines is 1. The van der Waals surface area contributed by atoms with Gasteiger partial charge in [-0.2, -0.15) is 0 Å². The molecule has 0 spiro atoms. The number of pyridine rings is 1. The zero-order chi connectivity index (χ0) is 11.4. The molecule has 0 saturated carbocycles. The third-order valence-corrected chi connectivity index (χ3v) is 2.88. The Labute approximate surface area is 102 Å². The molecule has 0 unspecified atom stereocenters. The fraction of sp³-hybridized carbons (Fsp3) is 0.0833. The number of benzene rings is 1. The quantitative estimate of drug-likeness (QED) is 0.869. The maximum Gasteiger partial charge on any atom is 0.123 e. The second-order valence-corrected chi connectivity index (χ2v) is 4.06. The molecular weight excluding hydrogens is 271 g/mol. The van der Waals surface area contributed by atoms with Gasteiger partial charge in [0.2, 0.25) is 0 Å². The first-order valence-electron chi connectivity index (χ1n) is 4.84. The lowest BCUT2D eigenvalue weighted by molar-refractivity contribution is 0.628. The van der Waals surface area contributed by atoms with E-state index >= 15 is 0 Å². The van der Waals surface area contributed by atoms with Crippen molar-refractivity contribution in [1.82, 2.24) is 4.98 Å². The first-order valence-corrected chi connectivity index (χ1v) is 5.64. The molecule has 1 aromatic carbocycles. The molecule has 0 aliphatic rings. The highest BCUT2D eigenvalue weighted by molar-refractivity contribution is 9.10. The summed E-state index contributed by atoms with van der Waals surface area (Å²) in [6.45, 7) is 0.653. The molecule has 1 heterocycles. The van der Waals surface area contributed by atoms with Crippen molar-refractivity contribution in [2.75, 3.05) is 5.32 Å². The van der Waals surface area contributed by atoms with Gasteiger partial charge >= 0.3 is 0 Å². The zero-order valence-corrected chi connectivity index (χ0v) is 10.0. The molecule has 2 aromatic rings. The summed E-state index contributed by atoms with van der Waals surface area (Å²) < 4.78 is 13.5. The first-order chi connectivity index (χ1) is 7.75. The Morgan fingerprint density at radius 3 is 2.62 bits per heavy atom. The van der Waals surface area contributed by atoms with Crippen LogP contribution in [0.4, 0.5) is 10.1 Å². The number of hydrogen-bond donors (Lipinski definition) is 1. The average Bonchev–Trinajstić information content (AvgIpc) is 2.30. The lowest BCUT2D eigenvalue weighted by atomic mass is 10.2. The van der Waals surface area contributed by atoms with Crippen molar-refractivity contribution in [1.29, 1.82) is 0 Å². The lowest BCUT2D eigenvalue weighted by Gasteiger charge is -2.07. The summed E-state index contributed by atoms with van der Waals surface area (Å²) in [4.78, 5) is 4.12. The molecule has 82 valence electrons. The molecule has 0 saturated heterocycles. The van der Waals surface area contributed by atoms with Crippen LogP contribution in [0, 0.1) is 5.82 Å². The molecular formula is C12H10BrFN2. The number of aromatic nitrogens is 1. The number of rotatable bonds is 3. The highest BCUT2D eigenvalue weighted by atomic mass is 79.9. The van der Waals surface area contributed by atoms with Crippen LogP contribution < -0.4 is 5.32 Å². The van der Waals surface area contributed by atoms with Crippen molar-refractivity contribution >= 4 is 21.6 Å². The minimum absolute atomic E-state index is 0.229. The smallest absolute Gasteiger partial charge is 0.123 e. The van der Waals surface area contributed by atoms with E-state index in [4.69, 9.17) is 0 Å². The van der Waals surface area contributed by atoms with Crippen molar-refractivity contribution in [3.05, 3.63) is 58.6 Å². The predicted octanol–water partition coefficient (Wildman–Crippen LogP) is 3.60. The monoisotopic (exact) mass is 280 g/mol. The molecule has 0 amide bonds. The molecule has 16 heavy (non-hydrogen) atoms. The van der Waals surface area contributed by atoms with E-state index in [1.807, 2.05) is 12.1 Å². The van der Waals surface area contributed by atoms with E-state index in [1.54, 1.807) is 18.3 Å². The van der Waals surface area contributed by atoms with Gasteiger partial charge in [0, 0.05) is 24.0 Å². The minimum atomic E-state index is -0.229. The van der Waals surface area contributed by atoms with E-state index in [1.165, 1.54) is 12.1 Å². The van der Waals surface area contributed by atoms with E-state index in [9.17, 15) is 4.39 Å². The Balaban J connectivity index is 2.02. The Morgan fingerprint density at radius 1 is 1.19 bits per heavy atom. The van der Waals surface area contributed by atoms with E-state index in [2.05, 4.69) is 26.2 Å². The van der Waals surface area contributed by atoms with Crippen molar-refractivity contribution in [2.24, 2.45) is 0 Å². The van der Waals surface area contributed by atoms with E-state index < -0.39 is 0 Å². The molecule has 0 fully saturated rings. The van der Waals surface area contributed by atoms with Crippen LogP contribution in [0.15, 0.2) is 47.2 Å². The number of hydrogen-bond acceptors (Lipinski definition) is 2. The topological polar surface area (TPSA) is 24.9 Å². The van der Waals surface area contributed by atoms with E-state index in [0.717, 1.165) is 15.9 Å². The Morgan fingerprint density at radius 2 is 1.94 bits per heavy atom. The molecule has 4 heteroatoms. The number of nitrogens with one attached hydrogen (secondary N) is 1. The second-order valence-electron chi connectivity index (χ2n) is 3.31. The predicted molar refractivity (Wildman–Crippen MR) is 65.7 cm³/mol. The van der Waals surface area contributed by atoms with E-state index in [0.29, 0.717) is 6.54 Å². The maximum atomic E-state index is 12.7. The lowest BCUT2D eigenvalue weighted by Crippen LogP contribution is -2.00. The van der Waals surface area contributed by atoms with Gasteiger partial charge in [-0.3, -0.25) is 0 Å². The summed E-state index contributed by atoms with van der Waals surface area (Å²) in [5.74, 6) is -0.229. The Kier molecular flexibility index (Phi) is 3.51. The van der Waals surface area contributed by atoms with Gasteiger partial charge in [0.05, 0.1) is 0 Å². The normalized spacial score (nSPS) is 10.1. The number of halogens is 2. The largest absolute Gasteiger partial charge is 0.381 e. The van der Waals surface area contributed by atoms with Crippen LogP contribution in [-0.4, -0.2) is 4.98 Å². The second kappa shape index (κ2) is 5.07. The molecule has 2 nitrogen and oxygen atoms in total. The first kappa shape index (κ1) is 11.1. The van der Waals surface area contributed by atoms with Crippen molar-refractivity contribution in [2.45, 2.75) is 6.54 Å². The summed E-state index contributed by atoms with van der Waals surface area (Å²) in [6.07, 6.45) is 1.73. The highest BCUT2D eigenvalue weighted by Gasteiger charge is 1.99. The van der Waals surface area contributed by atoms with Gasteiger partial charge in [0.15, 0.2) is 0 Å². The van der Waals surface area contributed by atoms with Gasteiger partial charge in [0.25, 0.3) is 0 Å². The third kappa shape index (κ3) is 2.79. The molecule has 0 aliphatic heterocycles. The van der Waals surface area contributed by atoms with Gasteiger partial charge in [0.1, 0.15) is 10.4 Å². The molecule has 1 aromatic heterocycles. The van der Waals surface area contributed by atoms with Crippen molar-refractivity contribution < 1.29 is 4.39 Å². The maximum absolute atomic E-state index is 12.7. The van der Waals surface area contributed by atoms with Crippen LogP contribution in [0.1, 0.15) is 5.56 Å². The fourth-order valence-corrected chi connectivity index (χ4v) is 1.71. The molecule has 0 bridgehead atoms. The molecule has 0 atom stereocenters. The summed E-state index contributed by atoms with van der Waals surface area (Å²) >= 11 is 3.37. The van der Waals surface area contributed by atoms with E-state index in [-0.39, 0.29) is 5.82 Å². The van der Waals surface area contributed by atoms with Crippen LogP contribution in [0.3, 0.4) is 0 Å². The van der Waals surface area contributed by atoms with Gasteiger partial charge in [-0.25, -0.2) is 9.37 Å². The van der Waals surface area contributed by atoms with Crippen molar-refractivity contribution in [3.63, 3.8) is 0 Å². The third-order valence-electron chi connectivity index (χ3n) is 2.16.